The number of H-pyrrole nitrogens is 1. The fourth-order valence-electron chi connectivity index (χ4n) is 1.87. The van der Waals surface area contributed by atoms with Crippen molar-refractivity contribution < 1.29 is 13.2 Å². The summed E-state index contributed by atoms with van der Waals surface area (Å²) < 4.78 is 40.6. The molecule has 4 nitrogen and oxygen atoms in total. The number of nitrogen functional groups attached to an aromatic ring is 1. The number of aromatic amines is 1. The van der Waals surface area contributed by atoms with Crippen LogP contribution in [0.5, 0.6) is 0 Å². The van der Waals surface area contributed by atoms with Crippen LogP contribution in [0.4, 0.5) is 18.9 Å². The minimum Gasteiger partial charge on any atom is -0.393 e. The Bertz CT molecular complexity index is 726. The first-order valence-electron chi connectivity index (χ1n) is 5.89. The minimum atomic E-state index is -1.32. The fourth-order valence-corrected chi connectivity index (χ4v) is 1.87. The first-order chi connectivity index (χ1) is 9.12. The average Bonchev–Trinajstić information content (AvgIpc) is 2.61. The van der Waals surface area contributed by atoms with E-state index >= 15 is 0 Å². The lowest BCUT2D eigenvalue weighted by atomic mass is 9.91. The molecular formula is C13H14F3N3O. The Labute approximate surface area is 113 Å². The van der Waals surface area contributed by atoms with Crippen LogP contribution in [0.3, 0.4) is 0 Å². The van der Waals surface area contributed by atoms with E-state index in [9.17, 15) is 18.0 Å². The normalized spacial score (nSPS) is 11.9. The molecule has 20 heavy (non-hydrogen) atoms. The van der Waals surface area contributed by atoms with Crippen molar-refractivity contribution in [3.8, 4) is 5.69 Å². The third kappa shape index (κ3) is 2.19. The number of benzene rings is 1. The Morgan fingerprint density at radius 3 is 2.15 bits per heavy atom. The molecule has 0 aliphatic rings. The van der Waals surface area contributed by atoms with Crippen molar-refractivity contribution in [1.29, 1.82) is 0 Å². The van der Waals surface area contributed by atoms with Crippen LogP contribution in [-0.4, -0.2) is 9.78 Å². The van der Waals surface area contributed by atoms with Gasteiger partial charge in [-0.1, -0.05) is 20.8 Å². The van der Waals surface area contributed by atoms with Crippen LogP contribution in [-0.2, 0) is 5.41 Å². The number of nitrogens with one attached hydrogen (secondary N) is 1. The lowest BCUT2D eigenvalue weighted by Crippen LogP contribution is -2.18. The van der Waals surface area contributed by atoms with E-state index in [-0.39, 0.29) is 5.69 Å². The molecule has 2 rings (SSSR count). The van der Waals surface area contributed by atoms with E-state index in [1.807, 2.05) is 0 Å². The Balaban J connectivity index is 2.72. The van der Waals surface area contributed by atoms with Crippen molar-refractivity contribution in [3.63, 3.8) is 0 Å². The molecule has 0 saturated heterocycles. The van der Waals surface area contributed by atoms with Crippen molar-refractivity contribution in [3.05, 3.63) is 45.6 Å². The van der Waals surface area contributed by atoms with Gasteiger partial charge in [-0.15, -0.1) is 0 Å². The van der Waals surface area contributed by atoms with Crippen LogP contribution in [0.25, 0.3) is 5.69 Å². The van der Waals surface area contributed by atoms with E-state index in [1.54, 1.807) is 20.8 Å². The van der Waals surface area contributed by atoms with Crippen molar-refractivity contribution in [1.82, 2.24) is 9.78 Å². The first-order valence-corrected chi connectivity index (χ1v) is 5.89. The van der Waals surface area contributed by atoms with Crippen molar-refractivity contribution in [2.24, 2.45) is 0 Å². The van der Waals surface area contributed by atoms with Crippen LogP contribution >= 0.6 is 0 Å². The molecule has 0 saturated carbocycles. The van der Waals surface area contributed by atoms with Gasteiger partial charge in [-0.2, -0.15) is 0 Å². The van der Waals surface area contributed by atoms with Gasteiger partial charge in [0.25, 0.3) is 5.56 Å². The van der Waals surface area contributed by atoms with Gasteiger partial charge in [0.15, 0.2) is 17.5 Å². The van der Waals surface area contributed by atoms with Gasteiger partial charge in [0, 0.05) is 17.5 Å². The van der Waals surface area contributed by atoms with Gasteiger partial charge < -0.3 is 5.73 Å². The van der Waals surface area contributed by atoms with E-state index in [1.165, 1.54) is 0 Å². The van der Waals surface area contributed by atoms with Gasteiger partial charge in [-0.05, 0) is 0 Å². The van der Waals surface area contributed by atoms with E-state index in [2.05, 4.69) is 5.10 Å². The second kappa shape index (κ2) is 4.43. The molecule has 1 aromatic heterocycles. The molecule has 0 spiro atoms. The molecule has 2 aromatic rings. The standard InChI is InChI=1S/C13H14F3N3O/c1-13(2,3)11-10(17)12(20)19(18-11)9-5-7(15)6(14)4-8(9)16/h4-5,18H,17H2,1-3H3. The molecule has 0 amide bonds. The van der Waals surface area contributed by atoms with E-state index in [0.717, 1.165) is 4.68 Å². The molecule has 1 heterocycles. The summed E-state index contributed by atoms with van der Waals surface area (Å²) in [6, 6.07) is 0.985. The SMILES string of the molecule is CC(C)(C)c1[nH]n(-c2cc(F)c(F)cc2F)c(=O)c1N. The summed E-state index contributed by atoms with van der Waals surface area (Å²) in [6.07, 6.45) is 0. The lowest BCUT2D eigenvalue weighted by molar-refractivity contribution is 0.490. The summed E-state index contributed by atoms with van der Waals surface area (Å²) in [6.45, 7) is 5.42. The second-order valence-electron chi connectivity index (χ2n) is 5.51. The van der Waals surface area contributed by atoms with Gasteiger partial charge in [0.2, 0.25) is 0 Å². The van der Waals surface area contributed by atoms with Crippen molar-refractivity contribution in [2.45, 2.75) is 26.2 Å². The number of nitrogens with two attached hydrogens (primary N) is 1. The Morgan fingerprint density at radius 2 is 1.65 bits per heavy atom. The van der Waals surface area contributed by atoms with Crippen LogP contribution in [0.15, 0.2) is 16.9 Å². The molecular weight excluding hydrogens is 271 g/mol. The van der Waals surface area contributed by atoms with E-state index in [0.29, 0.717) is 17.8 Å². The second-order valence-corrected chi connectivity index (χ2v) is 5.51. The molecule has 0 bridgehead atoms. The summed E-state index contributed by atoms with van der Waals surface area (Å²) in [7, 11) is 0. The number of anilines is 1. The lowest BCUT2D eigenvalue weighted by Gasteiger charge is -2.16. The number of aromatic nitrogens is 2. The third-order valence-corrected chi connectivity index (χ3v) is 2.91. The average molecular weight is 285 g/mol. The molecule has 1 aromatic carbocycles. The zero-order chi connectivity index (χ0) is 15.2. The first kappa shape index (κ1) is 14.2. The predicted molar refractivity (Wildman–Crippen MR) is 69.4 cm³/mol. The highest BCUT2D eigenvalue weighted by molar-refractivity contribution is 5.47. The third-order valence-electron chi connectivity index (χ3n) is 2.91. The highest BCUT2D eigenvalue weighted by Crippen LogP contribution is 2.25. The number of hydrogen-bond donors (Lipinski definition) is 2. The zero-order valence-corrected chi connectivity index (χ0v) is 11.2. The maximum atomic E-state index is 13.7. The minimum absolute atomic E-state index is 0.0818. The molecule has 3 N–H and O–H groups in total. The van der Waals surface area contributed by atoms with Crippen LogP contribution in [0.1, 0.15) is 26.5 Å². The molecule has 7 heteroatoms. The van der Waals surface area contributed by atoms with Gasteiger partial charge >= 0.3 is 0 Å². The fraction of sp³-hybridized carbons (Fsp3) is 0.308. The van der Waals surface area contributed by atoms with Crippen LogP contribution in [0, 0.1) is 17.5 Å². The van der Waals surface area contributed by atoms with E-state index in [4.69, 9.17) is 5.73 Å². The molecule has 0 unspecified atom stereocenters. The monoisotopic (exact) mass is 285 g/mol. The number of halogens is 3. The predicted octanol–water partition coefficient (Wildman–Crippen LogP) is 2.46. The molecule has 0 atom stereocenters. The summed E-state index contributed by atoms with van der Waals surface area (Å²) >= 11 is 0. The number of rotatable bonds is 1. The van der Waals surface area contributed by atoms with Gasteiger partial charge in [0.1, 0.15) is 11.4 Å². The highest BCUT2D eigenvalue weighted by atomic mass is 19.2. The number of hydrogen-bond acceptors (Lipinski definition) is 2. The van der Waals surface area contributed by atoms with Gasteiger partial charge in [-0.3, -0.25) is 9.89 Å². The zero-order valence-electron chi connectivity index (χ0n) is 11.2. The molecule has 0 aliphatic carbocycles. The molecule has 0 fully saturated rings. The Hall–Kier alpha value is -2.18. The number of nitrogens with zero attached hydrogens (tertiary/aromatic N) is 1. The Kier molecular flexibility index (Phi) is 3.15. The topological polar surface area (TPSA) is 63.8 Å². The summed E-state index contributed by atoms with van der Waals surface area (Å²) in [5.41, 5.74) is 4.39. The molecule has 0 radical (unpaired) electrons. The van der Waals surface area contributed by atoms with Gasteiger partial charge in [0.05, 0.1) is 5.69 Å². The van der Waals surface area contributed by atoms with Crippen LogP contribution < -0.4 is 11.3 Å². The molecule has 108 valence electrons. The largest absolute Gasteiger partial charge is 0.393 e. The smallest absolute Gasteiger partial charge is 0.294 e. The summed E-state index contributed by atoms with van der Waals surface area (Å²) in [4.78, 5) is 12.0. The van der Waals surface area contributed by atoms with E-state index < -0.39 is 34.1 Å². The van der Waals surface area contributed by atoms with Crippen molar-refractivity contribution >= 4 is 5.69 Å². The molecule has 0 aliphatic heterocycles. The van der Waals surface area contributed by atoms with Crippen LogP contribution in [0.2, 0.25) is 0 Å². The maximum absolute atomic E-state index is 13.7. The maximum Gasteiger partial charge on any atom is 0.294 e. The quantitative estimate of drug-likeness (QED) is 0.791. The summed E-state index contributed by atoms with van der Waals surface area (Å²) in [5, 5.41) is 2.64. The summed E-state index contributed by atoms with van der Waals surface area (Å²) in [5.74, 6) is -3.64. The Morgan fingerprint density at radius 1 is 1.10 bits per heavy atom. The van der Waals surface area contributed by atoms with Crippen molar-refractivity contribution in [2.75, 3.05) is 5.73 Å². The highest BCUT2D eigenvalue weighted by Gasteiger charge is 2.24. The van der Waals surface area contributed by atoms with Gasteiger partial charge in [-0.25, -0.2) is 17.9 Å².